The third-order valence-electron chi connectivity index (χ3n) is 3.20. The Morgan fingerprint density at radius 2 is 1.75 bits per heavy atom. The van der Waals surface area contributed by atoms with Gasteiger partial charge < -0.3 is 4.55 Å². The Morgan fingerprint density at radius 1 is 1.10 bits per heavy atom. The van der Waals surface area contributed by atoms with Gasteiger partial charge in [0.1, 0.15) is 10.1 Å². The van der Waals surface area contributed by atoms with E-state index in [4.69, 9.17) is 0 Å². The first-order valence-electron chi connectivity index (χ1n) is 6.36. The average Bonchev–Trinajstić information content (AvgIpc) is 2.34. The summed E-state index contributed by atoms with van der Waals surface area (Å²) in [6.45, 7) is 4.15. The molecule has 0 saturated heterocycles. The summed E-state index contributed by atoms with van der Waals surface area (Å²) < 4.78 is 34.7. The van der Waals surface area contributed by atoms with E-state index in [1.165, 1.54) is 0 Å². The van der Waals surface area contributed by atoms with Crippen LogP contribution in [0.1, 0.15) is 25.8 Å². The van der Waals surface area contributed by atoms with Crippen molar-refractivity contribution in [3.8, 4) is 0 Å². The molecule has 2 rings (SSSR count). The summed E-state index contributed by atoms with van der Waals surface area (Å²) in [5.74, 6) is 0.466. The number of hydrogen-bond acceptors (Lipinski definition) is 3. The van der Waals surface area contributed by atoms with Crippen molar-refractivity contribution in [3.63, 3.8) is 0 Å². The van der Waals surface area contributed by atoms with Gasteiger partial charge >= 0.3 is 29.6 Å². The first kappa shape index (κ1) is 17.7. The van der Waals surface area contributed by atoms with Crippen LogP contribution in [0.15, 0.2) is 41.3 Å². The summed E-state index contributed by atoms with van der Waals surface area (Å²) in [4.78, 5) is -0.0498. The van der Waals surface area contributed by atoms with Crippen molar-refractivity contribution in [2.75, 3.05) is 0 Å². The van der Waals surface area contributed by atoms with Gasteiger partial charge in [0, 0.05) is 0 Å². The molecular formula is C15H17NaO3S. The summed E-state index contributed by atoms with van der Waals surface area (Å²) in [7, 11) is -4.46. The van der Waals surface area contributed by atoms with E-state index >= 15 is 0 Å². The second kappa shape index (κ2) is 7.05. The van der Waals surface area contributed by atoms with Crippen LogP contribution in [0.3, 0.4) is 0 Å². The second-order valence-electron chi connectivity index (χ2n) is 5.16. The molecule has 0 spiro atoms. The Morgan fingerprint density at radius 3 is 2.35 bits per heavy atom. The maximum Gasteiger partial charge on any atom is 1.00 e. The standard InChI is InChI=1S/C15H18O3S.Na/c1-11(2)7-8-13-10-9-12-5-3-4-6-14(12)15(13)19(16,17)18;/h3-6,9-11H,7-8H2,1-2H3,(H,16,17,18);/q;+1/p-1. The molecule has 2 aromatic rings. The van der Waals surface area contributed by atoms with Crippen molar-refractivity contribution < 1.29 is 42.5 Å². The van der Waals surface area contributed by atoms with E-state index < -0.39 is 10.1 Å². The minimum atomic E-state index is -4.46. The molecule has 0 bridgehead atoms. The van der Waals surface area contributed by atoms with Crippen molar-refractivity contribution in [2.24, 2.45) is 5.92 Å². The van der Waals surface area contributed by atoms with E-state index in [1.54, 1.807) is 18.2 Å². The molecule has 0 saturated carbocycles. The van der Waals surface area contributed by atoms with Crippen molar-refractivity contribution in [2.45, 2.75) is 31.6 Å². The fourth-order valence-corrected chi connectivity index (χ4v) is 3.17. The summed E-state index contributed by atoms with van der Waals surface area (Å²) >= 11 is 0. The van der Waals surface area contributed by atoms with E-state index in [2.05, 4.69) is 13.8 Å². The van der Waals surface area contributed by atoms with Crippen molar-refractivity contribution >= 4 is 20.9 Å². The van der Waals surface area contributed by atoms with Gasteiger partial charge in [0.25, 0.3) is 0 Å². The zero-order valence-corrected chi connectivity index (χ0v) is 14.9. The molecule has 0 N–H and O–H groups in total. The van der Waals surface area contributed by atoms with Gasteiger partial charge in [-0.05, 0) is 35.1 Å². The van der Waals surface area contributed by atoms with Crippen LogP contribution in [-0.4, -0.2) is 13.0 Å². The Balaban J connectivity index is 0.00000200. The number of benzene rings is 2. The number of fused-ring (bicyclic) bond motifs is 1. The molecule has 0 heterocycles. The quantitative estimate of drug-likeness (QED) is 0.604. The van der Waals surface area contributed by atoms with Gasteiger partial charge in [0.15, 0.2) is 0 Å². The molecule has 0 aliphatic heterocycles. The van der Waals surface area contributed by atoms with Crippen LogP contribution in [-0.2, 0) is 16.5 Å². The first-order chi connectivity index (χ1) is 8.89. The van der Waals surface area contributed by atoms with E-state index in [-0.39, 0.29) is 34.5 Å². The van der Waals surface area contributed by atoms with Crippen LogP contribution >= 0.6 is 0 Å². The van der Waals surface area contributed by atoms with Crippen LogP contribution in [0, 0.1) is 5.92 Å². The van der Waals surface area contributed by atoms with Gasteiger partial charge in [-0.25, -0.2) is 8.42 Å². The Bertz CT molecular complexity index is 693. The Labute approximate surface area is 142 Å². The topological polar surface area (TPSA) is 57.2 Å². The molecule has 3 nitrogen and oxygen atoms in total. The maximum absolute atomic E-state index is 11.6. The molecule has 20 heavy (non-hydrogen) atoms. The third kappa shape index (κ3) is 4.06. The van der Waals surface area contributed by atoms with Crippen LogP contribution in [0.25, 0.3) is 10.8 Å². The SMILES string of the molecule is CC(C)CCc1ccc2ccccc2c1S(=O)(=O)[O-].[Na+]. The molecule has 0 unspecified atom stereocenters. The Hall–Kier alpha value is -0.390. The Kier molecular flexibility index (Phi) is 6.23. The number of hydrogen-bond donors (Lipinski definition) is 0. The third-order valence-corrected chi connectivity index (χ3v) is 4.18. The van der Waals surface area contributed by atoms with Gasteiger partial charge in [-0.3, -0.25) is 0 Å². The summed E-state index contributed by atoms with van der Waals surface area (Å²) in [6.07, 6.45) is 1.47. The first-order valence-corrected chi connectivity index (χ1v) is 7.77. The normalized spacial score (nSPS) is 11.6. The van der Waals surface area contributed by atoms with E-state index in [9.17, 15) is 13.0 Å². The molecule has 0 atom stereocenters. The smallest absolute Gasteiger partial charge is 0.744 e. The fourth-order valence-electron chi connectivity index (χ4n) is 2.22. The van der Waals surface area contributed by atoms with Crippen molar-refractivity contribution in [1.29, 1.82) is 0 Å². The monoisotopic (exact) mass is 300 g/mol. The van der Waals surface area contributed by atoms with E-state index in [0.717, 1.165) is 11.8 Å². The molecule has 0 amide bonds. The largest absolute Gasteiger partial charge is 1.00 e. The van der Waals surface area contributed by atoms with Gasteiger partial charge in [-0.1, -0.05) is 50.2 Å². The molecule has 0 fully saturated rings. The molecule has 5 heteroatoms. The molecular weight excluding hydrogens is 283 g/mol. The number of rotatable bonds is 4. The van der Waals surface area contributed by atoms with Crippen molar-refractivity contribution in [1.82, 2.24) is 0 Å². The van der Waals surface area contributed by atoms with E-state index in [1.807, 2.05) is 18.2 Å². The predicted molar refractivity (Wildman–Crippen MR) is 75.1 cm³/mol. The molecule has 102 valence electrons. The summed E-state index contributed by atoms with van der Waals surface area (Å²) in [5.41, 5.74) is 0.627. The van der Waals surface area contributed by atoms with Gasteiger partial charge in [0.2, 0.25) is 0 Å². The van der Waals surface area contributed by atoms with Gasteiger partial charge in [-0.15, -0.1) is 0 Å². The van der Waals surface area contributed by atoms with Crippen LogP contribution in [0.2, 0.25) is 0 Å². The minimum Gasteiger partial charge on any atom is -0.744 e. The average molecular weight is 300 g/mol. The van der Waals surface area contributed by atoms with E-state index in [0.29, 0.717) is 23.3 Å². The molecule has 2 aromatic carbocycles. The molecule has 0 aliphatic carbocycles. The van der Waals surface area contributed by atoms with Crippen LogP contribution < -0.4 is 29.6 Å². The minimum absolute atomic E-state index is 0. The molecule has 0 aromatic heterocycles. The maximum atomic E-state index is 11.6. The van der Waals surface area contributed by atoms with Crippen LogP contribution in [0.4, 0.5) is 0 Å². The zero-order valence-electron chi connectivity index (χ0n) is 12.1. The predicted octanol–water partition coefficient (Wildman–Crippen LogP) is 0.336. The summed E-state index contributed by atoms with van der Waals surface area (Å²) in [6, 6.07) is 10.7. The molecule has 0 aliphatic rings. The molecule has 0 radical (unpaired) electrons. The van der Waals surface area contributed by atoms with Gasteiger partial charge in [0.05, 0.1) is 4.90 Å². The zero-order chi connectivity index (χ0) is 14.0. The second-order valence-corrected chi connectivity index (χ2v) is 6.48. The van der Waals surface area contributed by atoms with Gasteiger partial charge in [-0.2, -0.15) is 0 Å². The van der Waals surface area contributed by atoms with Crippen LogP contribution in [0.5, 0.6) is 0 Å². The number of aryl methyl sites for hydroxylation is 1. The fraction of sp³-hybridized carbons (Fsp3) is 0.333. The summed E-state index contributed by atoms with van der Waals surface area (Å²) in [5, 5.41) is 1.31. The van der Waals surface area contributed by atoms with Crippen molar-refractivity contribution in [3.05, 3.63) is 42.0 Å².